The Kier molecular flexibility index (Phi) is 5.14. The summed E-state index contributed by atoms with van der Waals surface area (Å²) in [7, 11) is 0. The Morgan fingerprint density at radius 2 is 1.76 bits per heavy atom. The van der Waals surface area contributed by atoms with Crippen molar-refractivity contribution in [1.29, 1.82) is 0 Å². The predicted molar refractivity (Wildman–Crippen MR) is 125 cm³/mol. The minimum Gasteiger partial charge on any atom is -0.486 e. The van der Waals surface area contributed by atoms with E-state index in [1.807, 2.05) is 30.5 Å². The third-order valence-corrected chi connectivity index (χ3v) is 6.51. The minimum atomic E-state index is -0.307. The Balaban J connectivity index is 1.08. The summed E-state index contributed by atoms with van der Waals surface area (Å²) in [6.45, 7) is 6.05. The molecule has 33 heavy (non-hydrogen) atoms. The highest BCUT2D eigenvalue weighted by atomic mass is 16.6. The van der Waals surface area contributed by atoms with E-state index < -0.39 is 0 Å². The largest absolute Gasteiger partial charge is 0.486 e. The van der Waals surface area contributed by atoms with E-state index in [0.29, 0.717) is 31.3 Å². The van der Waals surface area contributed by atoms with Crippen LogP contribution in [0.25, 0.3) is 10.9 Å². The minimum absolute atomic E-state index is 0.154. The number of hydrogen-bond donors (Lipinski definition) is 0. The maximum atomic E-state index is 12.6. The highest BCUT2D eigenvalue weighted by Gasteiger charge is 2.34. The Bertz CT molecular complexity index is 1170. The Hall–Kier alpha value is -3.52. The molecule has 2 saturated heterocycles. The lowest BCUT2D eigenvalue weighted by molar-refractivity contribution is 0.106. The van der Waals surface area contributed by atoms with E-state index in [1.54, 1.807) is 4.90 Å². The highest BCUT2D eigenvalue weighted by Crippen LogP contribution is 2.35. The summed E-state index contributed by atoms with van der Waals surface area (Å²) in [6, 6.07) is 16.0. The van der Waals surface area contributed by atoms with Crippen molar-refractivity contribution in [3.63, 3.8) is 0 Å². The first-order chi connectivity index (χ1) is 16.2. The molecule has 2 aromatic carbocycles. The van der Waals surface area contributed by atoms with Gasteiger partial charge in [-0.3, -0.25) is 14.8 Å². The number of piperazine rings is 1. The number of hydrogen-bond acceptors (Lipinski definition) is 7. The van der Waals surface area contributed by atoms with Crippen molar-refractivity contribution in [2.75, 3.05) is 62.3 Å². The van der Waals surface area contributed by atoms with Gasteiger partial charge in [0.05, 0.1) is 17.7 Å². The topological polar surface area (TPSA) is 67.4 Å². The summed E-state index contributed by atoms with van der Waals surface area (Å²) in [6.07, 6.45) is 1.42. The maximum absolute atomic E-state index is 12.6. The van der Waals surface area contributed by atoms with Crippen LogP contribution in [0.15, 0.2) is 54.7 Å². The van der Waals surface area contributed by atoms with Crippen LogP contribution in [-0.4, -0.2) is 74.6 Å². The zero-order valence-corrected chi connectivity index (χ0v) is 18.4. The van der Waals surface area contributed by atoms with Gasteiger partial charge in [-0.15, -0.1) is 0 Å². The number of para-hydroxylation sites is 1. The molecule has 0 N–H and O–H groups in total. The summed E-state index contributed by atoms with van der Waals surface area (Å²) in [4.78, 5) is 23.5. The summed E-state index contributed by atoms with van der Waals surface area (Å²) >= 11 is 0. The second-order valence-electron chi connectivity index (χ2n) is 8.58. The van der Waals surface area contributed by atoms with E-state index >= 15 is 0 Å². The third-order valence-electron chi connectivity index (χ3n) is 6.51. The van der Waals surface area contributed by atoms with Crippen LogP contribution in [0.4, 0.5) is 16.2 Å². The van der Waals surface area contributed by atoms with Crippen LogP contribution in [0.3, 0.4) is 0 Å². The van der Waals surface area contributed by atoms with Crippen LogP contribution in [0.1, 0.15) is 0 Å². The van der Waals surface area contributed by atoms with E-state index in [-0.39, 0.29) is 12.2 Å². The number of pyridine rings is 1. The number of benzene rings is 2. The van der Waals surface area contributed by atoms with Gasteiger partial charge in [0.25, 0.3) is 0 Å². The van der Waals surface area contributed by atoms with Gasteiger partial charge in [0, 0.05) is 56.1 Å². The third kappa shape index (κ3) is 3.91. The van der Waals surface area contributed by atoms with E-state index in [9.17, 15) is 4.79 Å². The average molecular weight is 447 g/mol. The predicted octanol–water partition coefficient (Wildman–Crippen LogP) is 3.15. The number of nitrogens with zero attached hydrogens (tertiary/aromatic N) is 4. The quantitative estimate of drug-likeness (QED) is 0.610. The number of carbonyl (C=O) groups is 1. The van der Waals surface area contributed by atoms with Crippen molar-refractivity contribution in [1.82, 2.24) is 9.88 Å². The standard InChI is InChI=1S/C25H26N4O4/c30-25-29(18-5-6-23-24(15-18)32-14-13-31-23)17-19(33-25)16-27-9-11-28(12-10-27)22-7-8-26-21-4-2-1-3-20(21)22/h1-8,15,19H,9-14,16-17H2. The SMILES string of the molecule is O=C1OC(CN2CCN(c3ccnc4ccccc34)CC2)CN1c1ccc2c(c1)OCCO2. The van der Waals surface area contributed by atoms with E-state index in [4.69, 9.17) is 14.2 Å². The van der Waals surface area contributed by atoms with Crippen molar-refractivity contribution >= 4 is 28.4 Å². The normalized spacial score (nSPS) is 20.8. The monoisotopic (exact) mass is 446 g/mol. The van der Waals surface area contributed by atoms with E-state index in [1.165, 1.54) is 11.1 Å². The van der Waals surface area contributed by atoms with Crippen LogP contribution in [0.2, 0.25) is 0 Å². The van der Waals surface area contributed by atoms with Crippen molar-refractivity contribution in [3.05, 3.63) is 54.7 Å². The maximum Gasteiger partial charge on any atom is 0.414 e. The second-order valence-corrected chi connectivity index (χ2v) is 8.58. The number of aromatic nitrogens is 1. The second kappa shape index (κ2) is 8.44. The smallest absolute Gasteiger partial charge is 0.414 e. The molecule has 6 rings (SSSR count). The fourth-order valence-electron chi connectivity index (χ4n) is 4.84. The lowest BCUT2D eigenvalue weighted by Gasteiger charge is -2.37. The molecular weight excluding hydrogens is 420 g/mol. The van der Waals surface area contributed by atoms with Gasteiger partial charge < -0.3 is 19.1 Å². The number of rotatable bonds is 4. The van der Waals surface area contributed by atoms with Crippen LogP contribution in [0, 0.1) is 0 Å². The molecule has 3 aromatic rings. The molecule has 8 heteroatoms. The van der Waals surface area contributed by atoms with Crippen molar-refractivity contribution < 1.29 is 19.0 Å². The molecule has 0 aliphatic carbocycles. The Labute approximate surface area is 192 Å². The first kappa shape index (κ1) is 20.1. The van der Waals surface area contributed by atoms with Gasteiger partial charge in [0.1, 0.15) is 19.3 Å². The molecule has 0 bridgehead atoms. The van der Waals surface area contributed by atoms with Crippen LogP contribution in [-0.2, 0) is 4.74 Å². The Morgan fingerprint density at radius 1 is 0.939 bits per heavy atom. The molecule has 3 aliphatic rings. The summed E-state index contributed by atoms with van der Waals surface area (Å²) in [5.74, 6) is 1.39. The first-order valence-corrected chi connectivity index (χ1v) is 11.4. The van der Waals surface area contributed by atoms with Gasteiger partial charge in [-0.2, -0.15) is 0 Å². The van der Waals surface area contributed by atoms with Gasteiger partial charge in [0.2, 0.25) is 0 Å². The molecule has 3 aliphatic heterocycles. The molecule has 0 radical (unpaired) electrons. The van der Waals surface area contributed by atoms with Crippen molar-refractivity contribution in [3.8, 4) is 11.5 Å². The van der Waals surface area contributed by atoms with Crippen LogP contribution in [0.5, 0.6) is 11.5 Å². The van der Waals surface area contributed by atoms with Gasteiger partial charge in [-0.05, 0) is 24.3 Å². The van der Waals surface area contributed by atoms with Gasteiger partial charge in [-0.1, -0.05) is 18.2 Å². The fourth-order valence-corrected chi connectivity index (χ4v) is 4.84. The van der Waals surface area contributed by atoms with Crippen molar-refractivity contribution in [2.24, 2.45) is 0 Å². The molecule has 1 aromatic heterocycles. The van der Waals surface area contributed by atoms with Crippen LogP contribution >= 0.6 is 0 Å². The summed E-state index contributed by atoms with van der Waals surface area (Å²) < 4.78 is 16.9. The lowest BCUT2D eigenvalue weighted by Crippen LogP contribution is -2.49. The van der Waals surface area contributed by atoms with Gasteiger partial charge in [-0.25, -0.2) is 4.79 Å². The first-order valence-electron chi connectivity index (χ1n) is 11.4. The number of ether oxygens (including phenoxy) is 3. The van der Waals surface area contributed by atoms with E-state index in [2.05, 4.69) is 39.0 Å². The molecule has 2 fully saturated rings. The van der Waals surface area contributed by atoms with Gasteiger partial charge in [0.15, 0.2) is 11.5 Å². The molecule has 0 saturated carbocycles. The number of cyclic esters (lactones) is 1. The molecule has 0 spiro atoms. The molecule has 1 unspecified atom stereocenters. The molecule has 170 valence electrons. The number of carbonyl (C=O) groups excluding carboxylic acids is 1. The summed E-state index contributed by atoms with van der Waals surface area (Å²) in [5.41, 5.74) is 3.04. The fraction of sp³-hybridized carbons (Fsp3) is 0.360. The molecule has 4 heterocycles. The zero-order chi connectivity index (χ0) is 22.2. The molecule has 8 nitrogen and oxygen atoms in total. The average Bonchev–Trinajstić information content (AvgIpc) is 3.23. The van der Waals surface area contributed by atoms with Crippen molar-refractivity contribution in [2.45, 2.75) is 6.10 Å². The van der Waals surface area contributed by atoms with E-state index in [0.717, 1.165) is 43.9 Å². The van der Waals surface area contributed by atoms with Gasteiger partial charge >= 0.3 is 6.09 Å². The lowest BCUT2D eigenvalue weighted by atomic mass is 10.1. The summed E-state index contributed by atoms with van der Waals surface area (Å²) in [5, 5.41) is 1.19. The number of amides is 1. The Morgan fingerprint density at radius 3 is 2.64 bits per heavy atom. The molecule has 1 atom stereocenters. The molecule has 1 amide bonds. The number of fused-ring (bicyclic) bond motifs is 2. The highest BCUT2D eigenvalue weighted by molar-refractivity contribution is 5.91. The zero-order valence-electron chi connectivity index (χ0n) is 18.4. The van der Waals surface area contributed by atoms with Crippen LogP contribution < -0.4 is 19.3 Å². The number of anilines is 2. The molecular formula is C25H26N4O4.